The fourth-order valence-electron chi connectivity index (χ4n) is 2.35. The first kappa shape index (κ1) is 19.0. The molecule has 0 spiro atoms. The number of ether oxygens (including phenoxy) is 1. The Balaban J connectivity index is 2.18. The lowest BCUT2D eigenvalue weighted by Gasteiger charge is -2.10. The van der Waals surface area contributed by atoms with Crippen LogP contribution in [0.5, 0.6) is 5.75 Å². The van der Waals surface area contributed by atoms with E-state index >= 15 is 0 Å². The number of hydrogen-bond acceptors (Lipinski definition) is 5. The van der Waals surface area contributed by atoms with Crippen molar-refractivity contribution in [2.24, 2.45) is 5.73 Å². The van der Waals surface area contributed by atoms with E-state index in [1.54, 1.807) is 36.4 Å². The van der Waals surface area contributed by atoms with Crippen LogP contribution in [0.3, 0.4) is 0 Å². The van der Waals surface area contributed by atoms with E-state index in [9.17, 15) is 13.2 Å². The second kappa shape index (κ2) is 8.13. The number of anilines is 1. The molecule has 0 saturated carbocycles. The van der Waals surface area contributed by atoms with Gasteiger partial charge in [0.15, 0.2) is 9.84 Å². The molecule has 0 radical (unpaired) electrons. The van der Waals surface area contributed by atoms with Gasteiger partial charge >= 0.3 is 0 Å². The Bertz CT molecular complexity index is 846. The van der Waals surface area contributed by atoms with Crippen LogP contribution in [0.4, 0.5) is 5.69 Å². The molecule has 6 nitrogen and oxygen atoms in total. The summed E-state index contributed by atoms with van der Waals surface area (Å²) in [4.78, 5) is 12.6. The highest BCUT2D eigenvalue weighted by Gasteiger charge is 2.16. The van der Waals surface area contributed by atoms with E-state index in [2.05, 4.69) is 5.32 Å². The van der Waals surface area contributed by atoms with Gasteiger partial charge in [0.1, 0.15) is 12.4 Å². The fourth-order valence-corrected chi connectivity index (χ4v) is 3.38. The largest absolute Gasteiger partial charge is 0.492 e. The molecule has 0 atom stereocenters. The Morgan fingerprint density at radius 1 is 1.16 bits per heavy atom. The lowest BCUT2D eigenvalue weighted by atomic mass is 10.1. The molecule has 3 N–H and O–H groups in total. The zero-order valence-corrected chi connectivity index (χ0v) is 15.1. The summed E-state index contributed by atoms with van der Waals surface area (Å²) < 4.78 is 29.2. The van der Waals surface area contributed by atoms with Crippen molar-refractivity contribution in [2.45, 2.75) is 18.2 Å². The molecule has 0 fully saturated rings. The van der Waals surface area contributed by atoms with Gasteiger partial charge in [-0.25, -0.2) is 8.42 Å². The molecular formula is C18H22N2O4S. The van der Waals surface area contributed by atoms with Crippen LogP contribution >= 0.6 is 0 Å². The number of rotatable bonds is 7. The van der Waals surface area contributed by atoms with Crippen LogP contribution in [0.25, 0.3) is 0 Å². The van der Waals surface area contributed by atoms with Crippen molar-refractivity contribution >= 4 is 21.4 Å². The maximum absolute atomic E-state index is 12.4. The Labute approximate surface area is 147 Å². The van der Waals surface area contributed by atoms with Crippen LogP contribution in [0.15, 0.2) is 47.4 Å². The monoisotopic (exact) mass is 362 g/mol. The van der Waals surface area contributed by atoms with Crippen molar-refractivity contribution in [1.29, 1.82) is 0 Å². The molecule has 134 valence electrons. The highest BCUT2D eigenvalue weighted by molar-refractivity contribution is 7.90. The minimum Gasteiger partial charge on any atom is -0.492 e. The maximum atomic E-state index is 12.4. The normalized spacial score (nSPS) is 11.2. The van der Waals surface area contributed by atoms with Gasteiger partial charge < -0.3 is 15.8 Å². The van der Waals surface area contributed by atoms with E-state index in [0.717, 1.165) is 6.26 Å². The van der Waals surface area contributed by atoms with Crippen LogP contribution in [-0.4, -0.2) is 33.7 Å². The number of nitrogens with two attached hydrogens (primary N) is 1. The third-order valence-electron chi connectivity index (χ3n) is 3.61. The highest BCUT2D eigenvalue weighted by Crippen LogP contribution is 2.20. The van der Waals surface area contributed by atoms with Gasteiger partial charge in [-0.2, -0.15) is 0 Å². The van der Waals surface area contributed by atoms with Crippen molar-refractivity contribution < 1.29 is 17.9 Å². The van der Waals surface area contributed by atoms with Gasteiger partial charge in [0, 0.05) is 24.1 Å². The molecular weight excluding hydrogens is 340 g/mol. The number of carbonyl (C=O) groups is 1. The van der Waals surface area contributed by atoms with Crippen LogP contribution in [-0.2, 0) is 16.3 Å². The molecule has 0 aromatic heterocycles. The first-order valence-electron chi connectivity index (χ1n) is 7.92. The zero-order valence-electron chi connectivity index (χ0n) is 14.3. The summed E-state index contributed by atoms with van der Waals surface area (Å²) >= 11 is 0. The van der Waals surface area contributed by atoms with Crippen LogP contribution < -0.4 is 15.8 Å². The summed E-state index contributed by atoms with van der Waals surface area (Å²) in [5, 5.41) is 2.74. The Morgan fingerprint density at radius 3 is 2.40 bits per heavy atom. The fraction of sp³-hybridized carbons (Fsp3) is 0.278. The van der Waals surface area contributed by atoms with Crippen LogP contribution in [0.2, 0.25) is 0 Å². The van der Waals surface area contributed by atoms with Gasteiger partial charge in [0.2, 0.25) is 0 Å². The first-order chi connectivity index (χ1) is 11.8. The van der Waals surface area contributed by atoms with Gasteiger partial charge in [-0.1, -0.05) is 13.0 Å². The molecule has 2 aromatic rings. The average Bonchev–Trinajstić information content (AvgIpc) is 2.59. The van der Waals surface area contributed by atoms with E-state index in [1.807, 2.05) is 6.92 Å². The lowest BCUT2D eigenvalue weighted by molar-refractivity contribution is 0.102. The van der Waals surface area contributed by atoms with Gasteiger partial charge in [0.25, 0.3) is 5.91 Å². The third-order valence-corrected chi connectivity index (χ3v) is 4.79. The molecule has 2 aromatic carbocycles. The minimum atomic E-state index is -3.40. The number of sulfone groups is 1. The predicted molar refractivity (Wildman–Crippen MR) is 97.9 cm³/mol. The summed E-state index contributed by atoms with van der Waals surface area (Å²) in [6.07, 6.45) is 1.72. The number of amides is 1. The molecule has 0 aliphatic carbocycles. The van der Waals surface area contributed by atoms with Crippen molar-refractivity contribution in [3.05, 3.63) is 53.6 Å². The molecule has 0 bridgehead atoms. The van der Waals surface area contributed by atoms with E-state index in [-0.39, 0.29) is 10.8 Å². The summed E-state index contributed by atoms with van der Waals surface area (Å²) in [6.45, 7) is 2.72. The number of aryl methyl sites for hydroxylation is 1. The van der Waals surface area contributed by atoms with Crippen LogP contribution in [0.1, 0.15) is 22.8 Å². The van der Waals surface area contributed by atoms with Crippen molar-refractivity contribution in [2.75, 3.05) is 24.7 Å². The number of nitrogens with one attached hydrogen (secondary N) is 1. The maximum Gasteiger partial charge on any atom is 0.255 e. The third kappa shape index (κ3) is 5.04. The Hall–Kier alpha value is -2.38. The van der Waals surface area contributed by atoms with Gasteiger partial charge in [-0.3, -0.25) is 4.79 Å². The topological polar surface area (TPSA) is 98.5 Å². The summed E-state index contributed by atoms with van der Waals surface area (Å²) in [5.41, 5.74) is 6.95. The van der Waals surface area contributed by atoms with E-state index in [1.165, 1.54) is 6.07 Å². The zero-order chi connectivity index (χ0) is 18.4. The number of carbonyl (C=O) groups excluding carboxylic acids is 1. The minimum absolute atomic E-state index is 0.188. The summed E-state index contributed by atoms with van der Waals surface area (Å²) in [5.74, 6) is 0.290. The molecule has 0 aliphatic heterocycles. The van der Waals surface area contributed by atoms with E-state index in [0.29, 0.717) is 42.1 Å². The van der Waals surface area contributed by atoms with E-state index < -0.39 is 9.84 Å². The Morgan fingerprint density at radius 2 is 1.84 bits per heavy atom. The Kier molecular flexibility index (Phi) is 6.17. The summed E-state index contributed by atoms with van der Waals surface area (Å²) in [7, 11) is -3.40. The van der Waals surface area contributed by atoms with Crippen molar-refractivity contribution in [3.63, 3.8) is 0 Å². The van der Waals surface area contributed by atoms with Crippen molar-refractivity contribution in [3.8, 4) is 5.75 Å². The standard InChI is InChI=1S/C18H22N2O4S/c1-3-13-4-5-14(12-17(13)25(2,22)23)18(21)20-15-6-8-16(9-7-15)24-11-10-19/h4-9,12H,3,10-11,19H2,1-2H3,(H,20,21). The van der Waals surface area contributed by atoms with Gasteiger partial charge in [-0.15, -0.1) is 0 Å². The number of benzene rings is 2. The molecule has 25 heavy (non-hydrogen) atoms. The lowest BCUT2D eigenvalue weighted by Crippen LogP contribution is -2.14. The highest BCUT2D eigenvalue weighted by atomic mass is 32.2. The molecule has 0 heterocycles. The number of hydrogen-bond donors (Lipinski definition) is 2. The summed E-state index contributed by atoms with van der Waals surface area (Å²) in [6, 6.07) is 11.6. The molecule has 0 unspecified atom stereocenters. The molecule has 7 heteroatoms. The van der Waals surface area contributed by atoms with E-state index in [4.69, 9.17) is 10.5 Å². The molecule has 2 rings (SSSR count). The second-order valence-electron chi connectivity index (χ2n) is 5.56. The smallest absolute Gasteiger partial charge is 0.255 e. The quantitative estimate of drug-likeness (QED) is 0.787. The molecule has 1 amide bonds. The second-order valence-corrected chi connectivity index (χ2v) is 7.55. The van der Waals surface area contributed by atoms with Crippen LogP contribution in [0, 0.1) is 0 Å². The van der Waals surface area contributed by atoms with Crippen molar-refractivity contribution in [1.82, 2.24) is 0 Å². The molecule has 0 saturated heterocycles. The SMILES string of the molecule is CCc1ccc(C(=O)Nc2ccc(OCCN)cc2)cc1S(C)(=O)=O. The predicted octanol–water partition coefficient (Wildman–Crippen LogP) is 2.24. The molecule has 0 aliphatic rings. The van der Waals surface area contributed by atoms with Gasteiger partial charge in [-0.05, 0) is 48.4 Å². The first-order valence-corrected chi connectivity index (χ1v) is 9.81. The average molecular weight is 362 g/mol. The van der Waals surface area contributed by atoms with Gasteiger partial charge in [0.05, 0.1) is 4.90 Å².